The van der Waals surface area contributed by atoms with Gasteiger partial charge in [-0.15, -0.1) is 0 Å². The standard InChI is InChI=1S/C18H19N3OS/c1-3-4-14-5-8-16(9-6-14)23(22)21-15-7-10-17-18(11-15)19-12-13(2)20-17/h5-12,21H,3-4H2,1-2H3. The van der Waals surface area contributed by atoms with Crippen molar-refractivity contribution < 1.29 is 4.21 Å². The normalized spacial score (nSPS) is 12.3. The molecule has 0 saturated carbocycles. The molecule has 0 saturated heterocycles. The average Bonchev–Trinajstić information content (AvgIpc) is 2.56. The molecule has 3 rings (SSSR count). The number of anilines is 1. The third-order valence-corrected chi connectivity index (χ3v) is 4.67. The first-order valence-electron chi connectivity index (χ1n) is 7.66. The van der Waals surface area contributed by atoms with Crippen molar-refractivity contribution in [3.63, 3.8) is 0 Å². The maximum Gasteiger partial charge on any atom is 0.150 e. The van der Waals surface area contributed by atoms with Crippen LogP contribution in [0.5, 0.6) is 0 Å². The number of nitrogens with zero attached hydrogens (tertiary/aromatic N) is 2. The Kier molecular flexibility index (Phi) is 4.67. The average molecular weight is 325 g/mol. The lowest BCUT2D eigenvalue weighted by molar-refractivity contribution is 0.686. The van der Waals surface area contributed by atoms with Crippen LogP contribution in [0.25, 0.3) is 11.0 Å². The minimum absolute atomic E-state index is 0.764. The van der Waals surface area contributed by atoms with Gasteiger partial charge in [-0.1, -0.05) is 25.5 Å². The molecule has 0 aliphatic rings. The van der Waals surface area contributed by atoms with Crippen molar-refractivity contribution in [1.29, 1.82) is 0 Å². The number of nitrogens with one attached hydrogen (secondary N) is 1. The summed E-state index contributed by atoms with van der Waals surface area (Å²) in [5.41, 5.74) is 4.55. The molecular weight excluding hydrogens is 306 g/mol. The van der Waals surface area contributed by atoms with E-state index in [1.807, 2.05) is 49.4 Å². The van der Waals surface area contributed by atoms with Gasteiger partial charge in [0.25, 0.3) is 0 Å². The summed E-state index contributed by atoms with van der Waals surface area (Å²) in [6, 6.07) is 13.5. The van der Waals surface area contributed by atoms with Crippen LogP contribution in [0.4, 0.5) is 5.69 Å². The molecular formula is C18H19N3OS. The van der Waals surface area contributed by atoms with Crippen LogP contribution in [0.2, 0.25) is 0 Å². The van der Waals surface area contributed by atoms with Crippen LogP contribution >= 0.6 is 0 Å². The minimum atomic E-state index is -1.29. The number of hydrogen-bond acceptors (Lipinski definition) is 3. The Hall–Kier alpha value is -2.27. The zero-order valence-electron chi connectivity index (χ0n) is 13.2. The highest BCUT2D eigenvalue weighted by Crippen LogP contribution is 2.18. The number of rotatable bonds is 5. The van der Waals surface area contributed by atoms with Crippen LogP contribution in [0.3, 0.4) is 0 Å². The van der Waals surface area contributed by atoms with E-state index in [2.05, 4.69) is 21.6 Å². The smallest absolute Gasteiger partial charge is 0.150 e. The Morgan fingerprint density at radius 2 is 1.87 bits per heavy atom. The summed E-state index contributed by atoms with van der Waals surface area (Å²) in [5, 5.41) is 0. The Labute approximate surface area is 138 Å². The molecule has 0 amide bonds. The minimum Gasteiger partial charge on any atom is -0.301 e. The van der Waals surface area contributed by atoms with Crippen LogP contribution in [-0.2, 0) is 17.4 Å². The highest BCUT2D eigenvalue weighted by Gasteiger charge is 2.06. The van der Waals surface area contributed by atoms with Gasteiger partial charge in [-0.3, -0.25) is 4.98 Å². The van der Waals surface area contributed by atoms with Gasteiger partial charge in [-0.05, 0) is 49.2 Å². The highest BCUT2D eigenvalue weighted by molar-refractivity contribution is 7.86. The van der Waals surface area contributed by atoms with E-state index in [0.717, 1.165) is 40.2 Å². The molecule has 2 aromatic carbocycles. The van der Waals surface area contributed by atoms with Crippen LogP contribution in [0.15, 0.2) is 53.6 Å². The highest BCUT2D eigenvalue weighted by atomic mass is 32.2. The lowest BCUT2D eigenvalue weighted by Crippen LogP contribution is -2.05. The second-order valence-corrected chi connectivity index (χ2v) is 6.69. The number of benzene rings is 2. The lowest BCUT2D eigenvalue weighted by atomic mass is 10.1. The third-order valence-electron chi connectivity index (χ3n) is 3.55. The van der Waals surface area contributed by atoms with Gasteiger partial charge in [0, 0.05) is 11.9 Å². The zero-order valence-corrected chi connectivity index (χ0v) is 14.1. The van der Waals surface area contributed by atoms with E-state index in [4.69, 9.17) is 0 Å². The molecule has 3 aromatic rings. The quantitative estimate of drug-likeness (QED) is 0.770. The molecule has 5 heteroatoms. The maximum atomic E-state index is 12.4. The van der Waals surface area contributed by atoms with E-state index in [0.29, 0.717) is 0 Å². The first kappa shape index (κ1) is 15.6. The molecule has 1 aromatic heterocycles. The zero-order chi connectivity index (χ0) is 16.2. The second kappa shape index (κ2) is 6.87. The molecule has 1 atom stereocenters. The van der Waals surface area contributed by atoms with E-state index in [1.165, 1.54) is 5.56 Å². The predicted octanol–water partition coefficient (Wildman–Crippen LogP) is 4.03. The molecule has 1 heterocycles. The molecule has 23 heavy (non-hydrogen) atoms. The second-order valence-electron chi connectivity index (χ2n) is 5.48. The van der Waals surface area contributed by atoms with Crippen molar-refractivity contribution in [3.05, 3.63) is 59.9 Å². The van der Waals surface area contributed by atoms with Crippen molar-refractivity contribution in [1.82, 2.24) is 9.97 Å². The summed E-state index contributed by atoms with van der Waals surface area (Å²) in [5.74, 6) is 0. The van der Waals surface area contributed by atoms with Crippen molar-refractivity contribution in [2.45, 2.75) is 31.6 Å². The largest absolute Gasteiger partial charge is 0.301 e. The van der Waals surface area contributed by atoms with Gasteiger partial charge >= 0.3 is 0 Å². The van der Waals surface area contributed by atoms with Gasteiger partial charge in [0.2, 0.25) is 0 Å². The molecule has 4 nitrogen and oxygen atoms in total. The predicted molar refractivity (Wildman–Crippen MR) is 94.7 cm³/mol. The summed E-state index contributed by atoms with van der Waals surface area (Å²) in [6.45, 7) is 4.06. The number of hydrogen-bond donors (Lipinski definition) is 1. The van der Waals surface area contributed by atoms with E-state index in [9.17, 15) is 4.21 Å². The van der Waals surface area contributed by atoms with Crippen LogP contribution in [0, 0.1) is 6.92 Å². The van der Waals surface area contributed by atoms with E-state index in [-0.39, 0.29) is 0 Å². The van der Waals surface area contributed by atoms with Gasteiger partial charge in [0.05, 0.1) is 21.6 Å². The van der Waals surface area contributed by atoms with E-state index < -0.39 is 11.0 Å². The first-order chi connectivity index (χ1) is 11.2. The lowest BCUT2D eigenvalue weighted by Gasteiger charge is -2.08. The summed E-state index contributed by atoms with van der Waals surface area (Å²) in [6.07, 6.45) is 3.89. The number of aromatic nitrogens is 2. The summed E-state index contributed by atoms with van der Waals surface area (Å²) >= 11 is 0. The molecule has 0 aliphatic carbocycles. The first-order valence-corrected chi connectivity index (χ1v) is 8.81. The summed E-state index contributed by atoms with van der Waals surface area (Å²) < 4.78 is 15.5. The van der Waals surface area contributed by atoms with E-state index in [1.54, 1.807) is 6.20 Å². The van der Waals surface area contributed by atoms with Crippen LogP contribution in [0.1, 0.15) is 24.6 Å². The molecule has 0 fully saturated rings. The van der Waals surface area contributed by atoms with Crippen molar-refractivity contribution in [3.8, 4) is 0 Å². The van der Waals surface area contributed by atoms with Crippen molar-refractivity contribution in [2.75, 3.05) is 4.72 Å². The Morgan fingerprint density at radius 3 is 2.61 bits per heavy atom. The molecule has 0 radical (unpaired) electrons. The van der Waals surface area contributed by atoms with E-state index >= 15 is 0 Å². The Balaban J connectivity index is 1.78. The molecule has 118 valence electrons. The topological polar surface area (TPSA) is 54.9 Å². The monoisotopic (exact) mass is 325 g/mol. The van der Waals surface area contributed by atoms with Gasteiger partial charge in [-0.2, -0.15) is 0 Å². The maximum absolute atomic E-state index is 12.4. The fourth-order valence-electron chi connectivity index (χ4n) is 2.40. The number of fused-ring (bicyclic) bond motifs is 1. The Bertz CT molecular complexity index is 847. The van der Waals surface area contributed by atoms with Gasteiger partial charge in [-0.25, -0.2) is 9.19 Å². The molecule has 1 unspecified atom stereocenters. The van der Waals surface area contributed by atoms with Gasteiger partial charge in [0.15, 0.2) is 0 Å². The van der Waals surface area contributed by atoms with Crippen molar-refractivity contribution >= 4 is 27.7 Å². The SMILES string of the molecule is CCCc1ccc(S(=O)Nc2ccc3nc(C)cnc3c2)cc1. The van der Waals surface area contributed by atoms with Crippen LogP contribution < -0.4 is 4.72 Å². The number of aryl methyl sites for hydroxylation is 2. The third kappa shape index (κ3) is 3.74. The van der Waals surface area contributed by atoms with Crippen LogP contribution in [-0.4, -0.2) is 14.2 Å². The molecule has 0 aliphatic heterocycles. The fourth-order valence-corrected chi connectivity index (χ4v) is 3.24. The fraction of sp³-hybridized carbons (Fsp3) is 0.222. The molecule has 0 bridgehead atoms. The van der Waals surface area contributed by atoms with Gasteiger partial charge in [0.1, 0.15) is 11.0 Å². The van der Waals surface area contributed by atoms with Gasteiger partial charge < -0.3 is 4.72 Å². The molecule has 0 spiro atoms. The Morgan fingerprint density at radius 1 is 1.09 bits per heavy atom. The summed E-state index contributed by atoms with van der Waals surface area (Å²) in [4.78, 5) is 9.53. The molecule has 1 N–H and O–H groups in total. The summed E-state index contributed by atoms with van der Waals surface area (Å²) in [7, 11) is -1.29. The van der Waals surface area contributed by atoms with Crippen molar-refractivity contribution in [2.24, 2.45) is 0 Å².